The molecule has 0 atom stereocenters. The number of ether oxygens (including phenoxy) is 1. The van der Waals surface area contributed by atoms with Crippen LogP contribution in [-0.4, -0.2) is 0 Å². The Morgan fingerprint density at radius 1 is 0.778 bits per heavy atom. The minimum absolute atomic E-state index is 0.653. The third kappa shape index (κ3) is 1.39. The predicted molar refractivity (Wildman–Crippen MR) is 70.0 cm³/mol. The average molecular weight is 236 g/mol. The lowest BCUT2D eigenvalue weighted by Crippen LogP contribution is -1.84. The van der Waals surface area contributed by atoms with Crippen LogP contribution in [0.1, 0.15) is 22.6 Å². The smallest absolute Gasteiger partial charge is 0.140 e. The molecule has 2 radical (unpaired) electrons. The molecule has 1 aromatic heterocycles. The highest BCUT2D eigenvalue weighted by Crippen LogP contribution is 2.39. The maximum atomic E-state index is 6.10. The van der Waals surface area contributed by atoms with Gasteiger partial charge in [0.15, 0.2) is 0 Å². The Morgan fingerprint density at radius 2 is 1.33 bits per heavy atom. The molecular formula is C16H12O2. The lowest BCUT2D eigenvalue weighted by atomic mass is 10.1. The van der Waals surface area contributed by atoms with E-state index in [0.29, 0.717) is 13.2 Å². The van der Waals surface area contributed by atoms with E-state index >= 15 is 0 Å². The number of allylic oxidation sites excluding steroid dienone is 8. The Balaban J connectivity index is 1.88. The Morgan fingerprint density at radius 3 is 1.78 bits per heavy atom. The minimum atomic E-state index is 0.653. The highest BCUT2D eigenvalue weighted by atomic mass is 16.5. The summed E-state index contributed by atoms with van der Waals surface area (Å²) in [6, 6.07) is 0. The largest absolute Gasteiger partial charge is 0.455 e. The summed E-state index contributed by atoms with van der Waals surface area (Å²) >= 11 is 0. The molecule has 0 bridgehead atoms. The molecule has 0 saturated heterocycles. The molecule has 2 heterocycles. The van der Waals surface area contributed by atoms with E-state index in [1.54, 1.807) is 0 Å². The fourth-order valence-electron chi connectivity index (χ4n) is 2.58. The van der Waals surface area contributed by atoms with Crippen LogP contribution in [0.3, 0.4) is 0 Å². The van der Waals surface area contributed by atoms with Crippen LogP contribution in [-0.2, 0) is 18.0 Å². The number of hydrogen-bond donors (Lipinski definition) is 0. The van der Waals surface area contributed by atoms with Crippen molar-refractivity contribution in [3.63, 3.8) is 0 Å². The molecule has 1 aliphatic heterocycles. The first-order chi connectivity index (χ1) is 8.93. The fourth-order valence-corrected chi connectivity index (χ4v) is 2.58. The highest BCUT2D eigenvalue weighted by Gasteiger charge is 2.28. The molecule has 2 heteroatoms. The molecule has 1 aromatic rings. The molecule has 18 heavy (non-hydrogen) atoms. The van der Waals surface area contributed by atoms with E-state index in [1.165, 1.54) is 11.1 Å². The van der Waals surface area contributed by atoms with Crippen LogP contribution in [0.2, 0.25) is 0 Å². The monoisotopic (exact) mass is 236 g/mol. The van der Waals surface area contributed by atoms with Gasteiger partial charge in [-0.3, -0.25) is 0 Å². The maximum Gasteiger partial charge on any atom is 0.140 e. The third-order valence-corrected chi connectivity index (χ3v) is 3.46. The number of hydrogen-bond acceptors (Lipinski definition) is 2. The van der Waals surface area contributed by atoms with Crippen LogP contribution >= 0.6 is 0 Å². The van der Waals surface area contributed by atoms with E-state index in [-0.39, 0.29) is 0 Å². The maximum absolute atomic E-state index is 6.10. The Hall–Kier alpha value is -1.80. The first kappa shape index (κ1) is 10.2. The summed E-state index contributed by atoms with van der Waals surface area (Å²) in [5, 5.41) is 0. The second-order valence-electron chi connectivity index (χ2n) is 4.56. The van der Waals surface area contributed by atoms with Crippen molar-refractivity contribution in [2.24, 2.45) is 0 Å². The second-order valence-corrected chi connectivity index (χ2v) is 4.56. The summed E-state index contributed by atoms with van der Waals surface area (Å²) in [4.78, 5) is 0. The van der Waals surface area contributed by atoms with Crippen molar-refractivity contribution < 1.29 is 9.15 Å². The Labute approximate surface area is 106 Å². The van der Waals surface area contributed by atoms with Crippen molar-refractivity contribution >= 4 is 11.1 Å². The predicted octanol–water partition coefficient (Wildman–Crippen LogP) is 3.62. The van der Waals surface area contributed by atoms with Gasteiger partial charge in [-0.15, -0.1) is 0 Å². The van der Waals surface area contributed by atoms with Crippen molar-refractivity contribution in [1.29, 1.82) is 0 Å². The van der Waals surface area contributed by atoms with E-state index in [9.17, 15) is 0 Å². The zero-order valence-corrected chi connectivity index (χ0v) is 9.85. The third-order valence-electron chi connectivity index (χ3n) is 3.46. The summed E-state index contributed by atoms with van der Waals surface area (Å²) < 4.78 is 11.7. The molecule has 88 valence electrons. The van der Waals surface area contributed by atoms with Crippen molar-refractivity contribution in [1.82, 2.24) is 0 Å². The summed E-state index contributed by atoms with van der Waals surface area (Å²) in [6.45, 7) is 1.31. The molecule has 0 amide bonds. The van der Waals surface area contributed by atoms with Gasteiger partial charge in [-0.1, -0.05) is 36.5 Å². The van der Waals surface area contributed by atoms with Crippen molar-refractivity contribution in [3.8, 4) is 0 Å². The van der Waals surface area contributed by atoms with E-state index in [1.807, 2.05) is 25.0 Å². The van der Waals surface area contributed by atoms with Crippen LogP contribution in [0.15, 0.2) is 40.9 Å². The lowest BCUT2D eigenvalue weighted by Gasteiger charge is -2.00. The lowest BCUT2D eigenvalue weighted by molar-refractivity contribution is 0.131. The number of rotatable bonds is 2. The number of fused-ring (bicyclic) bond motifs is 1. The van der Waals surface area contributed by atoms with Gasteiger partial charge in [-0.05, 0) is 0 Å². The molecule has 0 aromatic carbocycles. The topological polar surface area (TPSA) is 22.4 Å². The van der Waals surface area contributed by atoms with Gasteiger partial charge in [0.1, 0.15) is 11.5 Å². The van der Waals surface area contributed by atoms with Gasteiger partial charge >= 0.3 is 0 Å². The van der Waals surface area contributed by atoms with E-state index in [0.717, 1.165) is 22.7 Å². The molecule has 2 nitrogen and oxygen atoms in total. The highest BCUT2D eigenvalue weighted by molar-refractivity contribution is 5.83. The average Bonchev–Trinajstić information content (AvgIpc) is 3.14. The van der Waals surface area contributed by atoms with Crippen LogP contribution in [0.25, 0.3) is 11.1 Å². The van der Waals surface area contributed by atoms with Gasteiger partial charge in [0.2, 0.25) is 0 Å². The van der Waals surface area contributed by atoms with Crippen molar-refractivity contribution in [2.75, 3.05) is 0 Å². The normalized spacial score (nSPS) is 20.4. The van der Waals surface area contributed by atoms with E-state index in [2.05, 4.69) is 24.3 Å². The van der Waals surface area contributed by atoms with Crippen LogP contribution in [0.5, 0.6) is 0 Å². The summed E-state index contributed by atoms with van der Waals surface area (Å²) in [5.74, 6) is 1.92. The molecule has 0 N–H and O–H groups in total. The van der Waals surface area contributed by atoms with E-state index in [4.69, 9.17) is 9.15 Å². The van der Waals surface area contributed by atoms with E-state index < -0.39 is 0 Å². The minimum Gasteiger partial charge on any atom is -0.455 e. The van der Waals surface area contributed by atoms with Crippen molar-refractivity contribution in [2.45, 2.75) is 13.2 Å². The molecule has 2 aliphatic carbocycles. The van der Waals surface area contributed by atoms with Crippen molar-refractivity contribution in [3.05, 3.63) is 71.9 Å². The second kappa shape index (κ2) is 3.85. The zero-order valence-electron chi connectivity index (χ0n) is 9.85. The van der Waals surface area contributed by atoms with Gasteiger partial charge in [0, 0.05) is 35.1 Å². The molecular weight excluding hydrogens is 224 g/mol. The molecule has 4 rings (SSSR count). The zero-order chi connectivity index (χ0) is 11.9. The van der Waals surface area contributed by atoms with Gasteiger partial charge < -0.3 is 9.15 Å². The Kier molecular flexibility index (Phi) is 2.17. The summed E-state index contributed by atoms with van der Waals surface area (Å²) in [7, 11) is 0. The molecule has 0 fully saturated rings. The standard InChI is InChI=1S/C16H12O2/c1-2-6-11(5-1)15-13-9-17-10-14(13)16(18-15)12-7-3-4-8-12/h1-8H,9-10H2. The molecule has 0 saturated carbocycles. The van der Waals surface area contributed by atoms with Gasteiger partial charge in [0.25, 0.3) is 0 Å². The number of furan rings is 1. The van der Waals surface area contributed by atoms with Crippen LogP contribution in [0.4, 0.5) is 0 Å². The SMILES string of the molecule is [CH]1C=CC(c2oc(C3=C[CH]C=C3)c3c2COC3)=C1. The van der Waals surface area contributed by atoms with Crippen LogP contribution < -0.4 is 0 Å². The van der Waals surface area contributed by atoms with Gasteiger partial charge in [-0.25, -0.2) is 0 Å². The van der Waals surface area contributed by atoms with Crippen LogP contribution in [0, 0.1) is 12.8 Å². The molecule has 0 spiro atoms. The quantitative estimate of drug-likeness (QED) is 0.782. The van der Waals surface area contributed by atoms with Gasteiger partial charge in [0.05, 0.1) is 13.2 Å². The fraction of sp³-hybridized carbons (Fsp3) is 0.125. The van der Waals surface area contributed by atoms with Gasteiger partial charge in [-0.2, -0.15) is 0 Å². The summed E-state index contributed by atoms with van der Waals surface area (Å²) in [5.41, 5.74) is 4.68. The first-order valence-corrected chi connectivity index (χ1v) is 6.10. The molecule has 3 aliphatic rings. The first-order valence-electron chi connectivity index (χ1n) is 6.10. The summed E-state index contributed by atoms with van der Waals surface area (Å²) in [6.07, 6.45) is 16.4. The molecule has 0 unspecified atom stereocenters. The Bertz CT molecular complexity index is 571.